The molecule has 5 heteroatoms. The number of fused-ring (bicyclic) bond motifs is 1. The molecule has 0 aliphatic carbocycles. The molecule has 0 aromatic carbocycles. The molecule has 1 atom stereocenters. The van der Waals surface area contributed by atoms with E-state index in [-0.39, 0.29) is 0 Å². The maximum Gasteiger partial charge on any atom is 0.0524 e. The molecule has 0 saturated heterocycles. The molecule has 0 radical (unpaired) electrons. The molecule has 0 N–H and O–H groups in total. The van der Waals surface area contributed by atoms with Crippen molar-refractivity contribution in [1.82, 2.24) is 19.6 Å². The lowest BCUT2D eigenvalue weighted by Crippen LogP contribution is -2.31. The first-order valence-corrected chi connectivity index (χ1v) is 9.69. The molecule has 0 saturated carbocycles. The maximum atomic E-state index is 4.54. The molecule has 2 aromatic heterocycles. The first-order chi connectivity index (χ1) is 11.3. The van der Waals surface area contributed by atoms with Gasteiger partial charge in [-0.2, -0.15) is 16.4 Å². The Hall–Kier alpha value is -1.17. The highest BCUT2D eigenvalue weighted by Crippen LogP contribution is 2.21. The third-order valence-electron chi connectivity index (χ3n) is 4.87. The van der Waals surface area contributed by atoms with Crippen LogP contribution < -0.4 is 0 Å². The molecule has 3 rings (SSSR count). The molecular weight excluding hydrogens is 304 g/mol. The largest absolute Gasteiger partial charge is 0.304 e. The summed E-state index contributed by atoms with van der Waals surface area (Å²) in [6.07, 6.45) is 3.20. The van der Waals surface area contributed by atoms with Crippen molar-refractivity contribution in [2.75, 3.05) is 26.2 Å². The summed E-state index contributed by atoms with van der Waals surface area (Å²) < 4.78 is 2.22. The lowest BCUT2D eigenvalue weighted by molar-refractivity contribution is 0.196. The van der Waals surface area contributed by atoms with E-state index < -0.39 is 0 Å². The fourth-order valence-electron chi connectivity index (χ4n) is 3.47. The van der Waals surface area contributed by atoms with Crippen molar-refractivity contribution < 1.29 is 0 Å². The van der Waals surface area contributed by atoms with Crippen LogP contribution in [0.4, 0.5) is 0 Å². The van der Waals surface area contributed by atoms with Crippen molar-refractivity contribution in [1.29, 1.82) is 0 Å². The van der Waals surface area contributed by atoms with Gasteiger partial charge in [-0.25, -0.2) is 0 Å². The van der Waals surface area contributed by atoms with Crippen LogP contribution in [0.2, 0.25) is 0 Å². The summed E-state index contributed by atoms with van der Waals surface area (Å²) >= 11 is 1.79. The zero-order valence-electron chi connectivity index (χ0n) is 14.3. The van der Waals surface area contributed by atoms with Crippen LogP contribution in [0.15, 0.2) is 29.1 Å². The first-order valence-electron chi connectivity index (χ1n) is 8.75. The van der Waals surface area contributed by atoms with Gasteiger partial charge in [0.05, 0.1) is 5.69 Å². The Kier molecular flexibility index (Phi) is 5.86. The van der Waals surface area contributed by atoms with Gasteiger partial charge in [-0.3, -0.25) is 9.58 Å². The van der Waals surface area contributed by atoms with Crippen LogP contribution in [0.3, 0.4) is 0 Å². The highest BCUT2D eigenvalue weighted by atomic mass is 32.1. The van der Waals surface area contributed by atoms with E-state index in [0.717, 1.165) is 32.7 Å². The van der Waals surface area contributed by atoms with E-state index in [1.165, 1.54) is 30.8 Å². The second-order valence-corrected chi connectivity index (χ2v) is 7.27. The maximum absolute atomic E-state index is 4.54. The van der Waals surface area contributed by atoms with Crippen LogP contribution in [-0.4, -0.2) is 45.8 Å². The van der Waals surface area contributed by atoms with E-state index >= 15 is 0 Å². The molecule has 2 aromatic rings. The number of hydrogen-bond acceptors (Lipinski definition) is 4. The molecular formula is C18H28N4S. The Balaban J connectivity index is 1.67. The molecule has 126 valence electrons. The lowest BCUT2D eigenvalue weighted by atomic mass is 10.0. The Morgan fingerprint density at radius 3 is 2.87 bits per heavy atom. The topological polar surface area (TPSA) is 24.3 Å². The summed E-state index contributed by atoms with van der Waals surface area (Å²) in [7, 11) is 0. The van der Waals surface area contributed by atoms with Crippen LogP contribution in [0.1, 0.15) is 31.5 Å². The number of thiophene rings is 1. The van der Waals surface area contributed by atoms with Crippen molar-refractivity contribution >= 4 is 11.3 Å². The second-order valence-electron chi connectivity index (χ2n) is 6.49. The van der Waals surface area contributed by atoms with Gasteiger partial charge in [0.1, 0.15) is 0 Å². The Labute approximate surface area is 143 Å². The minimum atomic E-state index is 0.676. The minimum Gasteiger partial charge on any atom is -0.304 e. The minimum absolute atomic E-state index is 0.676. The normalized spacial score (nSPS) is 19.0. The number of rotatable bonds is 7. The monoisotopic (exact) mass is 332 g/mol. The van der Waals surface area contributed by atoms with Crippen LogP contribution in [0, 0.1) is 5.92 Å². The van der Waals surface area contributed by atoms with E-state index in [9.17, 15) is 0 Å². The third kappa shape index (κ3) is 4.43. The Morgan fingerprint density at radius 1 is 1.26 bits per heavy atom. The Morgan fingerprint density at radius 2 is 2.13 bits per heavy atom. The van der Waals surface area contributed by atoms with Gasteiger partial charge < -0.3 is 4.90 Å². The van der Waals surface area contributed by atoms with E-state index in [4.69, 9.17) is 0 Å². The highest BCUT2D eigenvalue weighted by molar-refractivity contribution is 7.07. The molecule has 1 aliphatic rings. The molecule has 1 aliphatic heterocycles. The standard InChI is InChI=1S/C18H28N4S/c1-3-20(4-2)9-6-16-11-21(12-17-7-10-23-15-17)14-18-5-8-19-22(18)13-16/h5,7-8,10,15-16H,3-4,6,9,11-14H2,1-2H3/t16-/m1/s1. The van der Waals surface area contributed by atoms with Gasteiger partial charge in [0.15, 0.2) is 0 Å². The van der Waals surface area contributed by atoms with Gasteiger partial charge >= 0.3 is 0 Å². The highest BCUT2D eigenvalue weighted by Gasteiger charge is 2.22. The van der Waals surface area contributed by atoms with Crippen LogP contribution >= 0.6 is 11.3 Å². The van der Waals surface area contributed by atoms with E-state index in [1.54, 1.807) is 11.3 Å². The fraction of sp³-hybridized carbons (Fsp3) is 0.611. The van der Waals surface area contributed by atoms with Crippen LogP contribution in [0.5, 0.6) is 0 Å². The zero-order chi connectivity index (χ0) is 16.1. The summed E-state index contributed by atoms with van der Waals surface area (Å²) in [6, 6.07) is 4.42. The van der Waals surface area contributed by atoms with Gasteiger partial charge in [-0.15, -0.1) is 0 Å². The van der Waals surface area contributed by atoms with Crippen molar-refractivity contribution in [2.24, 2.45) is 5.92 Å². The summed E-state index contributed by atoms with van der Waals surface area (Å²) in [5, 5.41) is 8.99. The van der Waals surface area contributed by atoms with Crippen LogP contribution in [0.25, 0.3) is 0 Å². The summed E-state index contributed by atoms with van der Waals surface area (Å²) in [5.74, 6) is 0.676. The van der Waals surface area contributed by atoms with Crippen molar-refractivity contribution in [2.45, 2.75) is 39.9 Å². The van der Waals surface area contributed by atoms with Gasteiger partial charge in [0, 0.05) is 32.4 Å². The van der Waals surface area contributed by atoms with Crippen LogP contribution in [-0.2, 0) is 19.6 Å². The molecule has 0 spiro atoms. The Bertz CT molecular complexity index is 574. The number of aromatic nitrogens is 2. The average molecular weight is 333 g/mol. The fourth-order valence-corrected chi connectivity index (χ4v) is 4.13. The smallest absolute Gasteiger partial charge is 0.0524 e. The SMILES string of the molecule is CCN(CC)CC[C@@H]1CN(Cc2ccsc2)Cc2ccnn2C1. The average Bonchev–Trinajstić information content (AvgIpc) is 3.18. The summed E-state index contributed by atoms with van der Waals surface area (Å²) in [6.45, 7) is 12.3. The second kappa shape index (κ2) is 8.08. The summed E-state index contributed by atoms with van der Waals surface area (Å²) in [4.78, 5) is 5.12. The molecule has 3 heterocycles. The third-order valence-corrected chi connectivity index (χ3v) is 5.60. The molecule has 0 amide bonds. The predicted molar refractivity (Wildman–Crippen MR) is 96.6 cm³/mol. The van der Waals surface area contributed by atoms with Crippen molar-refractivity contribution in [3.8, 4) is 0 Å². The van der Waals surface area contributed by atoms with E-state index in [2.05, 4.69) is 56.3 Å². The van der Waals surface area contributed by atoms with E-state index in [0.29, 0.717) is 5.92 Å². The first kappa shape index (κ1) is 16.7. The number of hydrogen-bond donors (Lipinski definition) is 0. The zero-order valence-corrected chi connectivity index (χ0v) is 15.1. The molecule has 4 nitrogen and oxygen atoms in total. The molecule has 0 bridgehead atoms. The van der Waals surface area contributed by atoms with Gasteiger partial charge in [0.2, 0.25) is 0 Å². The lowest BCUT2D eigenvalue weighted by Gasteiger charge is -2.26. The molecule has 23 heavy (non-hydrogen) atoms. The van der Waals surface area contributed by atoms with E-state index in [1.807, 2.05) is 6.20 Å². The van der Waals surface area contributed by atoms with Gasteiger partial charge in [-0.1, -0.05) is 13.8 Å². The van der Waals surface area contributed by atoms with Gasteiger partial charge in [0.25, 0.3) is 0 Å². The molecule has 0 unspecified atom stereocenters. The number of nitrogens with zero attached hydrogens (tertiary/aromatic N) is 4. The van der Waals surface area contributed by atoms with Crippen molar-refractivity contribution in [3.63, 3.8) is 0 Å². The summed E-state index contributed by atoms with van der Waals surface area (Å²) in [5.41, 5.74) is 2.79. The quantitative estimate of drug-likeness (QED) is 0.777. The predicted octanol–water partition coefficient (Wildman–Crippen LogP) is 3.31. The van der Waals surface area contributed by atoms with Crippen molar-refractivity contribution in [3.05, 3.63) is 40.3 Å². The molecule has 0 fully saturated rings. The van der Waals surface area contributed by atoms with Gasteiger partial charge in [-0.05, 0) is 60.4 Å².